The lowest BCUT2D eigenvalue weighted by Crippen LogP contribution is -2.52. The summed E-state index contributed by atoms with van der Waals surface area (Å²) in [5.41, 5.74) is 0.724. The second-order valence-corrected chi connectivity index (χ2v) is 6.22. The van der Waals surface area contributed by atoms with Gasteiger partial charge in [-0.1, -0.05) is 25.5 Å². The SMILES string of the molecule is CCCC(NC(=O)NCc1ccc(F)cc1)C(=O)NC(C)C(C)C(=O)O. The van der Waals surface area contributed by atoms with Crippen molar-refractivity contribution in [1.29, 1.82) is 0 Å². The maximum atomic E-state index is 12.9. The molecule has 1 aromatic rings. The third kappa shape index (κ3) is 7.08. The van der Waals surface area contributed by atoms with E-state index in [1.54, 1.807) is 19.1 Å². The van der Waals surface area contributed by atoms with Crippen LogP contribution in [-0.4, -0.2) is 35.1 Å². The van der Waals surface area contributed by atoms with Crippen LogP contribution in [-0.2, 0) is 16.1 Å². The molecular weight excluding hydrogens is 341 g/mol. The summed E-state index contributed by atoms with van der Waals surface area (Å²) in [5.74, 6) is -2.53. The van der Waals surface area contributed by atoms with Crippen molar-refractivity contribution in [2.75, 3.05) is 0 Å². The van der Waals surface area contributed by atoms with Gasteiger partial charge < -0.3 is 21.1 Å². The topological polar surface area (TPSA) is 108 Å². The minimum absolute atomic E-state index is 0.193. The number of hydrogen-bond acceptors (Lipinski definition) is 3. The lowest BCUT2D eigenvalue weighted by atomic mass is 10.0. The van der Waals surface area contributed by atoms with Crippen LogP contribution < -0.4 is 16.0 Å². The summed E-state index contributed by atoms with van der Waals surface area (Å²) in [6, 6.07) is 3.85. The molecular formula is C18H26FN3O4. The zero-order chi connectivity index (χ0) is 19.7. The van der Waals surface area contributed by atoms with Crippen molar-refractivity contribution < 1.29 is 23.9 Å². The summed E-state index contributed by atoms with van der Waals surface area (Å²) in [6.07, 6.45) is 1.09. The van der Waals surface area contributed by atoms with Crippen LogP contribution in [0.4, 0.5) is 9.18 Å². The number of carbonyl (C=O) groups excluding carboxylic acids is 2. The van der Waals surface area contributed by atoms with E-state index in [-0.39, 0.29) is 12.4 Å². The van der Waals surface area contributed by atoms with Crippen LogP contribution in [0.25, 0.3) is 0 Å². The molecule has 0 fully saturated rings. The molecule has 0 saturated carbocycles. The van der Waals surface area contributed by atoms with Crippen LogP contribution in [0.3, 0.4) is 0 Å². The molecule has 3 unspecified atom stereocenters. The van der Waals surface area contributed by atoms with Crippen molar-refractivity contribution >= 4 is 17.9 Å². The van der Waals surface area contributed by atoms with Crippen LogP contribution in [0.1, 0.15) is 39.2 Å². The van der Waals surface area contributed by atoms with Gasteiger partial charge >= 0.3 is 12.0 Å². The van der Waals surface area contributed by atoms with E-state index in [2.05, 4.69) is 16.0 Å². The zero-order valence-electron chi connectivity index (χ0n) is 15.2. The van der Waals surface area contributed by atoms with Gasteiger partial charge in [-0.25, -0.2) is 9.18 Å². The molecule has 0 spiro atoms. The summed E-state index contributed by atoms with van der Waals surface area (Å²) in [5, 5.41) is 16.8. The number of carbonyl (C=O) groups is 3. The van der Waals surface area contributed by atoms with Crippen LogP contribution in [0, 0.1) is 11.7 Å². The van der Waals surface area contributed by atoms with Gasteiger partial charge in [0.2, 0.25) is 5.91 Å². The van der Waals surface area contributed by atoms with Crippen molar-refractivity contribution in [3.8, 4) is 0 Å². The second-order valence-electron chi connectivity index (χ2n) is 6.22. The minimum atomic E-state index is -1.00. The fourth-order valence-electron chi connectivity index (χ4n) is 2.22. The Labute approximate surface area is 152 Å². The highest BCUT2D eigenvalue weighted by Crippen LogP contribution is 2.05. The molecule has 7 nitrogen and oxygen atoms in total. The summed E-state index contributed by atoms with van der Waals surface area (Å²) >= 11 is 0. The van der Waals surface area contributed by atoms with E-state index < -0.39 is 35.9 Å². The van der Waals surface area contributed by atoms with Gasteiger partial charge in [-0.05, 0) is 38.0 Å². The van der Waals surface area contributed by atoms with Gasteiger partial charge in [-0.15, -0.1) is 0 Å². The number of carboxylic acid groups (broad SMARTS) is 1. The molecule has 0 aliphatic carbocycles. The summed E-state index contributed by atoms with van der Waals surface area (Å²) in [7, 11) is 0. The Morgan fingerprint density at radius 1 is 1.12 bits per heavy atom. The molecule has 26 heavy (non-hydrogen) atoms. The number of amides is 3. The third-order valence-corrected chi connectivity index (χ3v) is 4.07. The van der Waals surface area contributed by atoms with Crippen molar-refractivity contribution in [1.82, 2.24) is 16.0 Å². The maximum Gasteiger partial charge on any atom is 0.315 e. The Morgan fingerprint density at radius 3 is 2.27 bits per heavy atom. The Balaban J connectivity index is 2.56. The molecule has 3 amide bonds. The van der Waals surface area contributed by atoms with E-state index in [0.29, 0.717) is 12.8 Å². The quantitative estimate of drug-likeness (QED) is 0.535. The van der Waals surface area contributed by atoms with E-state index >= 15 is 0 Å². The fourth-order valence-corrected chi connectivity index (χ4v) is 2.22. The van der Waals surface area contributed by atoms with E-state index in [9.17, 15) is 18.8 Å². The standard InChI is InChI=1S/C18H26FN3O4/c1-4-5-15(16(23)21-12(3)11(2)17(24)25)22-18(26)20-10-13-6-8-14(19)9-7-13/h6-9,11-12,15H,4-5,10H2,1-3H3,(H,21,23)(H,24,25)(H2,20,22,26). The van der Waals surface area contributed by atoms with Gasteiger partial charge in [0.05, 0.1) is 5.92 Å². The molecule has 1 rings (SSSR count). The average molecular weight is 367 g/mol. The number of rotatable bonds is 9. The van der Waals surface area contributed by atoms with Gasteiger partial charge in [0.1, 0.15) is 11.9 Å². The molecule has 1 aromatic carbocycles. The highest BCUT2D eigenvalue weighted by Gasteiger charge is 2.25. The van der Waals surface area contributed by atoms with Crippen LogP contribution in [0.15, 0.2) is 24.3 Å². The van der Waals surface area contributed by atoms with Crippen molar-refractivity contribution in [3.63, 3.8) is 0 Å². The van der Waals surface area contributed by atoms with Gasteiger partial charge in [0, 0.05) is 12.6 Å². The van der Waals surface area contributed by atoms with Gasteiger partial charge in [-0.2, -0.15) is 0 Å². The number of nitrogens with one attached hydrogen (secondary N) is 3. The van der Waals surface area contributed by atoms with E-state index in [0.717, 1.165) is 5.56 Å². The smallest absolute Gasteiger partial charge is 0.315 e. The van der Waals surface area contributed by atoms with E-state index in [4.69, 9.17) is 5.11 Å². The largest absolute Gasteiger partial charge is 0.481 e. The van der Waals surface area contributed by atoms with E-state index in [1.165, 1.54) is 19.1 Å². The Bertz CT molecular complexity index is 621. The van der Waals surface area contributed by atoms with Crippen molar-refractivity contribution in [2.24, 2.45) is 5.92 Å². The molecule has 144 valence electrons. The highest BCUT2D eigenvalue weighted by atomic mass is 19.1. The van der Waals surface area contributed by atoms with Crippen molar-refractivity contribution in [3.05, 3.63) is 35.6 Å². The number of hydrogen-bond donors (Lipinski definition) is 4. The Hall–Kier alpha value is -2.64. The zero-order valence-corrected chi connectivity index (χ0v) is 15.2. The minimum Gasteiger partial charge on any atom is -0.481 e. The fraction of sp³-hybridized carbons (Fsp3) is 0.500. The number of aliphatic carboxylic acids is 1. The second kappa shape index (κ2) is 10.4. The molecule has 0 radical (unpaired) electrons. The molecule has 0 aliphatic rings. The first-order valence-corrected chi connectivity index (χ1v) is 8.56. The number of carboxylic acids is 1. The lowest BCUT2D eigenvalue weighted by Gasteiger charge is -2.23. The summed E-state index contributed by atoms with van der Waals surface area (Å²) in [4.78, 5) is 35.3. The first-order chi connectivity index (χ1) is 12.2. The first kappa shape index (κ1) is 21.4. The normalized spacial score (nSPS) is 14.0. The summed E-state index contributed by atoms with van der Waals surface area (Å²) < 4.78 is 12.9. The van der Waals surface area contributed by atoms with Crippen LogP contribution in [0.2, 0.25) is 0 Å². The van der Waals surface area contributed by atoms with E-state index in [1.807, 2.05) is 6.92 Å². The van der Waals surface area contributed by atoms with Gasteiger partial charge in [0.15, 0.2) is 0 Å². The monoisotopic (exact) mass is 367 g/mol. The predicted molar refractivity (Wildman–Crippen MR) is 94.9 cm³/mol. The number of halogens is 1. The van der Waals surface area contributed by atoms with Crippen molar-refractivity contribution in [2.45, 2.75) is 52.2 Å². The van der Waals surface area contributed by atoms with Gasteiger partial charge in [-0.3, -0.25) is 9.59 Å². The molecule has 8 heteroatoms. The highest BCUT2D eigenvalue weighted by molar-refractivity contribution is 5.87. The third-order valence-electron chi connectivity index (χ3n) is 4.07. The molecule has 0 aromatic heterocycles. The maximum absolute atomic E-state index is 12.9. The number of urea groups is 1. The lowest BCUT2D eigenvalue weighted by molar-refractivity contribution is -0.142. The molecule has 0 bridgehead atoms. The average Bonchev–Trinajstić information content (AvgIpc) is 2.59. The molecule has 0 saturated heterocycles. The molecule has 4 N–H and O–H groups in total. The molecule has 0 aliphatic heterocycles. The summed E-state index contributed by atoms with van der Waals surface area (Å²) in [6.45, 7) is 5.18. The van der Waals surface area contributed by atoms with Gasteiger partial charge in [0.25, 0.3) is 0 Å². The predicted octanol–water partition coefficient (Wildman–Crippen LogP) is 2.02. The number of benzene rings is 1. The van der Waals surface area contributed by atoms with Crippen LogP contribution in [0.5, 0.6) is 0 Å². The van der Waals surface area contributed by atoms with Crippen LogP contribution >= 0.6 is 0 Å². The molecule has 0 heterocycles. The first-order valence-electron chi connectivity index (χ1n) is 8.56. The Kier molecular flexibility index (Phi) is 8.54. The molecule has 3 atom stereocenters. The Morgan fingerprint density at radius 2 is 1.73 bits per heavy atom.